The molecule has 0 aliphatic heterocycles. The van der Waals surface area contributed by atoms with Gasteiger partial charge in [-0.1, -0.05) is 106 Å². The highest BCUT2D eigenvalue weighted by Gasteiger charge is 2.35. The number of hydrogen-bond acceptors (Lipinski definition) is 1. The Morgan fingerprint density at radius 3 is 1.64 bits per heavy atom. The number of aryl methyl sites for hydroxylation is 3. The Bertz CT molecular complexity index is 1620. The summed E-state index contributed by atoms with van der Waals surface area (Å²) in [6.45, 7) is 15.2. The highest BCUT2D eigenvalue weighted by Crippen LogP contribution is 2.50. The molecule has 1 nitrogen and oxygen atoms in total. The van der Waals surface area contributed by atoms with Crippen molar-refractivity contribution in [2.75, 3.05) is 4.90 Å². The summed E-state index contributed by atoms with van der Waals surface area (Å²) in [7, 11) is 0. The number of fused-ring (bicyclic) bond motifs is 3. The molecule has 1 aliphatic rings. The van der Waals surface area contributed by atoms with Gasteiger partial charge in [0.1, 0.15) is 0 Å². The van der Waals surface area contributed by atoms with Crippen molar-refractivity contribution in [3.63, 3.8) is 0 Å². The van der Waals surface area contributed by atoms with Gasteiger partial charge in [-0.15, -0.1) is 0 Å². The summed E-state index contributed by atoms with van der Waals surface area (Å²) in [5, 5.41) is 0. The molecule has 0 spiro atoms. The number of nitrogens with zero attached hydrogens (tertiary/aromatic N) is 1. The van der Waals surface area contributed by atoms with Gasteiger partial charge in [-0.25, -0.2) is 0 Å². The van der Waals surface area contributed by atoms with Gasteiger partial charge in [0, 0.05) is 22.5 Å². The van der Waals surface area contributed by atoms with Crippen LogP contribution in [-0.2, 0) is 5.41 Å². The van der Waals surface area contributed by atoms with Crippen molar-refractivity contribution in [2.24, 2.45) is 0 Å². The van der Waals surface area contributed by atoms with Crippen LogP contribution in [0.1, 0.15) is 55.5 Å². The maximum Gasteiger partial charge on any atom is 0.0465 e. The fraction of sp³-hybridized carbons (Fsp3) is 0.211. The zero-order valence-corrected chi connectivity index (χ0v) is 24.3. The van der Waals surface area contributed by atoms with E-state index in [1.807, 2.05) is 13.8 Å². The van der Waals surface area contributed by atoms with Crippen LogP contribution in [0.3, 0.4) is 0 Å². The lowest BCUT2D eigenvalue weighted by molar-refractivity contribution is 0.660. The molecule has 0 saturated heterocycles. The van der Waals surface area contributed by atoms with Crippen molar-refractivity contribution in [3.8, 4) is 22.3 Å². The Hall–Kier alpha value is -4.10. The fourth-order valence-corrected chi connectivity index (χ4v) is 5.94. The van der Waals surface area contributed by atoms with Crippen molar-refractivity contribution in [1.29, 1.82) is 0 Å². The summed E-state index contributed by atoms with van der Waals surface area (Å²) < 4.78 is 0. The summed E-state index contributed by atoms with van der Waals surface area (Å²) in [6, 6.07) is 40.2. The summed E-state index contributed by atoms with van der Waals surface area (Å²) in [5.41, 5.74) is 15.4. The maximum atomic E-state index is 2.40. The minimum Gasteiger partial charge on any atom is -0.310 e. The van der Waals surface area contributed by atoms with Crippen LogP contribution in [0.25, 0.3) is 22.3 Å². The van der Waals surface area contributed by atoms with Crippen LogP contribution in [0.5, 0.6) is 0 Å². The van der Waals surface area contributed by atoms with Crippen molar-refractivity contribution in [2.45, 2.75) is 53.9 Å². The molecule has 0 heterocycles. The van der Waals surface area contributed by atoms with Gasteiger partial charge in [-0.3, -0.25) is 0 Å². The van der Waals surface area contributed by atoms with E-state index in [0.29, 0.717) is 0 Å². The van der Waals surface area contributed by atoms with Gasteiger partial charge >= 0.3 is 0 Å². The Balaban J connectivity index is 0.00000151. The highest BCUT2D eigenvalue weighted by molar-refractivity contribution is 5.86. The monoisotopic (exact) mass is 509 g/mol. The first kappa shape index (κ1) is 26.5. The van der Waals surface area contributed by atoms with Crippen LogP contribution in [0.15, 0.2) is 109 Å². The number of hydrogen-bond donors (Lipinski definition) is 0. The average Bonchev–Trinajstić information content (AvgIpc) is 3.18. The molecule has 0 fully saturated rings. The Labute approximate surface area is 234 Å². The normalized spacial score (nSPS) is 12.7. The van der Waals surface area contributed by atoms with Gasteiger partial charge in [-0.2, -0.15) is 0 Å². The van der Waals surface area contributed by atoms with Crippen molar-refractivity contribution in [1.82, 2.24) is 0 Å². The largest absolute Gasteiger partial charge is 0.310 e. The van der Waals surface area contributed by atoms with E-state index in [9.17, 15) is 0 Å². The highest BCUT2D eigenvalue weighted by atomic mass is 15.1. The van der Waals surface area contributed by atoms with Gasteiger partial charge in [-0.05, 0) is 102 Å². The molecule has 0 radical (unpaired) electrons. The van der Waals surface area contributed by atoms with Gasteiger partial charge < -0.3 is 4.90 Å². The molecule has 0 aromatic heterocycles. The third-order valence-corrected chi connectivity index (χ3v) is 8.02. The van der Waals surface area contributed by atoms with Gasteiger partial charge in [0.25, 0.3) is 0 Å². The Morgan fingerprint density at radius 2 is 0.974 bits per heavy atom. The number of benzene rings is 5. The molecular weight excluding hydrogens is 470 g/mol. The molecule has 6 rings (SSSR count). The Morgan fingerprint density at radius 1 is 0.462 bits per heavy atom. The minimum atomic E-state index is -0.0362. The van der Waals surface area contributed by atoms with Crippen LogP contribution in [0, 0.1) is 20.8 Å². The fourth-order valence-electron chi connectivity index (χ4n) is 5.94. The van der Waals surface area contributed by atoms with E-state index >= 15 is 0 Å². The zero-order chi connectivity index (χ0) is 27.7. The summed E-state index contributed by atoms with van der Waals surface area (Å²) >= 11 is 0. The molecule has 0 unspecified atom stereocenters. The molecule has 39 heavy (non-hydrogen) atoms. The smallest absolute Gasteiger partial charge is 0.0465 e. The second kappa shape index (κ2) is 10.6. The third kappa shape index (κ3) is 4.68. The Kier molecular flexibility index (Phi) is 7.19. The summed E-state index contributed by atoms with van der Waals surface area (Å²) in [4.78, 5) is 2.40. The molecule has 5 aromatic carbocycles. The van der Waals surface area contributed by atoms with Gasteiger partial charge in [0.05, 0.1) is 0 Å². The SMILES string of the molecule is CC.Cc1ccc(N(c2ccc(-c3ccccc3C)c(C)c2)c2ccc3c(c2)C(C)(C)c2ccccc2-3)cc1. The molecule has 0 atom stereocenters. The molecule has 0 amide bonds. The van der Waals surface area contributed by atoms with E-state index in [1.54, 1.807) is 0 Å². The lowest BCUT2D eigenvalue weighted by Gasteiger charge is -2.29. The first-order valence-corrected chi connectivity index (χ1v) is 14.1. The van der Waals surface area contributed by atoms with Gasteiger partial charge in [0.2, 0.25) is 0 Å². The first-order valence-electron chi connectivity index (χ1n) is 14.1. The number of rotatable bonds is 4. The third-order valence-electron chi connectivity index (χ3n) is 8.02. The first-order chi connectivity index (χ1) is 18.8. The van der Waals surface area contributed by atoms with E-state index in [4.69, 9.17) is 0 Å². The second-order valence-electron chi connectivity index (χ2n) is 10.9. The second-order valence-corrected chi connectivity index (χ2v) is 10.9. The zero-order valence-electron chi connectivity index (χ0n) is 24.3. The van der Waals surface area contributed by atoms with Crippen LogP contribution in [0.2, 0.25) is 0 Å². The molecule has 1 heteroatoms. The van der Waals surface area contributed by atoms with E-state index in [-0.39, 0.29) is 5.41 Å². The summed E-state index contributed by atoms with van der Waals surface area (Å²) in [5.74, 6) is 0. The van der Waals surface area contributed by atoms with E-state index < -0.39 is 0 Å². The quantitative estimate of drug-likeness (QED) is 0.233. The van der Waals surface area contributed by atoms with Crippen LogP contribution in [0.4, 0.5) is 17.1 Å². The van der Waals surface area contributed by atoms with Crippen LogP contribution >= 0.6 is 0 Å². The predicted molar refractivity (Wildman–Crippen MR) is 170 cm³/mol. The van der Waals surface area contributed by atoms with Crippen LogP contribution in [-0.4, -0.2) is 0 Å². The molecule has 0 bridgehead atoms. The topological polar surface area (TPSA) is 3.24 Å². The molecule has 0 N–H and O–H groups in total. The maximum absolute atomic E-state index is 2.40. The number of anilines is 3. The standard InChI is InChI=1S/C36H33N.C2H6/c1-24-14-16-27(17-15-24)37(28-18-20-31(26(3)22-28)30-11-7-6-10-25(30)2)29-19-21-33-32-12-8-9-13-34(32)36(4,5)35(33)23-29;1-2/h6-23H,1-5H3;1-2H3. The molecule has 196 valence electrons. The summed E-state index contributed by atoms with van der Waals surface area (Å²) in [6.07, 6.45) is 0. The van der Waals surface area contributed by atoms with Crippen molar-refractivity contribution < 1.29 is 0 Å². The lowest BCUT2D eigenvalue weighted by atomic mass is 9.82. The molecule has 1 aliphatic carbocycles. The van der Waals surface area contributed by atoms with E-state index in [0.717, 1.165) is 0 Å². The van der Waals surface area contributed by atoms with Crippen LogP contribution < -0.4 is 4.90 Å². The average molecular weight is 510 g/mol. The minimum absolute atomic E-state index is 0.0362. The lowest BCUT2D eigenvalue weighted by Crippen LogP contribution is -2.16. The van der Waals surface area contributed by atoms with Gasteiger partial charge in [0.15, 0.2) is 0 Å². The van der Waals surface area contributed by atoms with Crippen molar-refractivity contribution >= 4 is 17.1 Å². The van der Waals surface area contributed by atoms with Crippen molar-refractivity contribution in [3.05, 3.63) is 137 Å². The van der Waals surface area contributed by atoms with E-state index in [1.165, 1.54) is 67.1 Å². The molecular formula is C38H39N. The van der Waals surface area contributed by atoms with E-state index in [2.05, 4.69) is 149 Å². The predicted octanol–water partition coefficient (Wildman–Crippen LogP) is 11.1. The molecule has 5 aromatic rings. The molecule has 0 saturated carbocycles.